The molecule has 0 aromatic carbocycles. The van der Waals surface area contributed by atoms with Crippen molar-refractivity contribution in [1.82, 2.24) is 23.6 Å². The van der Waals surface area contributed by atoms with E-state index in [0.29, 0.717) is 0 Å². The molecule has 0 atom stereocenters. The first-order valence-corrected chi connectivity index (χ1v) is 9.16. The molecular weight excluding hydrogens is 391 g/mol. The normalized spacial score (nSPS) is 12.6. The zero-order valence-electron chi connectivity index (χ0n) is 17.2. The average Bonchev–Trinajstić information content (AvgIpc) is 2.99. The van der Waals surface area contributed by atoms with Crippen molar-refractivity contribution in [3.05, 3.63) is 27.2 Å². The van der Waals surface area contributed by atoms with E-state index in [2.05, 4.69) is 4.98 Å². The Bertz CT molecular complexity index is 995. The van der Waals surface area contributed by atoms with E-state index in [1.54, 1.807) is 20.8 Å². The number of aromatic nitrogens is 4. The van der Waals surface area contributed by atoms with Crippen LogP contribution in [0.25, 0.3) is 11.2 Å². The third-order valence-electron chi connectivity index (χ3n) is 4.39. The smallest absolute Gasteiger partial charge is 0.333 e. The average molecular weight is 417 g/mol. The number of imidazole rings is 1. The summed E-state index contributed by atoms with van der Waals surface area (Å²) >= 11 is 0. The lowest BCUT2D eigenvalue weighted by molar-refractivity contribution is -0.163. The number of carbonyl (C=O) groups is 1. The standard InChI is InChI=1S/C18H26F3N5O3/c1-17(2,3)9-26(10-18(19,20)21)12(27)7-6-8-25-11-22-14-13(25)15(28)24(5)16(29)23(14)4/h11H,6-10H2,1-5H3. The first-order valence-electron chi connectivity index (χ1n) is 9.16. The van der Waals surface area contributed by atoms with Crippen molar-refractivity contribution in [2.45, 2.75) is 46.3 Å². The quantitative estimate of drug-likeness (QED) is 0.716. The van der Waals surface area contributed by atoms with Gasteiger partial charge in [-0.15, -0.1) is 0 Å². The van der Waals surface area contributed by atoms with Crippen molar-refractivity contribution in [1.29, 1.82) is 0 Å². The zero-order valence-corrected chi connectivity index (χ0v) is 17.2. The van der Waals surface area contributed by atoms with Gasteiger partial charge in [-0.3, -0.25) is 18.7 Å². The van der Waals surface area contributed by atoms with E-state index in [4.69, 9.17) is 0 Å². The summed E-state index contributed by atoms with van der Waals surface area (Å²) in [5.41, 5.74) is -1.07. The molecule has 0 saturated heterocycles. The minimum absolute atomic E-state index is 0.0119. The van der Waals surface area contributed by atoms with E-state index < -0.39 is 35.3 Å². The molecule has 0 bridgehead atoms. The molecule has 0 saturated carbocycles. The van der Waals surface area contributed by atoms with Crippen molar-refractivity contribution in [2.75, 3.05) is 13.1 Å². The van der Waals surface area contributed by atoms with Gasteiger partial charge >= 0.3 is 11.9 Å². The molecule has 11 heteroatoms. The van der Waals surface area contributed by atoms with Gasteiger partial charge in [-0.25, -0.2) is 9.78 Å². The maximum atomic E-state index is 12.8. The molecule has 0 spiro atoms. The molecule has 0 aliphatic heterocycles. The first-order chi connectivity index (χ1) is 13.2. The monoisotopic (exact) mass is 417 g/mol. The second-order valence-electron chi connectivity index (χ2n) is 8.35. The number of halogens is 3. The lowest BCUT2D eigenvalue weighted by Crippen LogP contribution is -2.43. The molecule has 2 aromatic heterocycles. The fourth-order valence-corrected chi connectivity index (χ4v) is 3.15. The van der Waals surface area contributed by atoms with Gasteiger partial charge in [0.05, 0.1) is 6.33 Å². The second kappa shape index (κ2) is 8.03. The molecule has 0 N–H and O–H groups in total. The molecule has 8 nitrogen and oxygen atoms in total. The summed E-state index contributed by atoms with van der Waals surface area (Å²) in [6.07, 6.45) is -2.95. The summed E-state index contributed by atoms with van der Waals surface area (Å²) < 4.78 is 42.2. The van der Waals surface area contributed by atoms with Gasteiger partial charge in [0.1, 0.15) is 6.54 Å². The Kier molecular flexibility index (Phi) is 6.29. The number of hydrogen-bond acceptors (Lipinski definition) is 4. The molecule has 0 radical (unpaired) electrons. The van der Waals surface area contributed by atoms with Crippen molar-refractivity contribution in [3.8, 4) is 0 Å². The Labute approximate surface area is 165 Å². The molecule has 0 unspecified atom stereocenters. The second-order valence-corrected chi connectivity index (χ2v) is 8.35. The number of fused-ring (bicyclic) bond motifs is 1. The van der Waals surface area contributed by atoms with Crippen LogP contribution in [-0.2, 0) is 25.4 Å². The molecule has 0 aliphatic carbocycles. The summed E-state index contributed by atoms with van der Waals surface area (Å²) in [5, 5.41) is 0. The van der Waals surface area contributed by atoms with E-state index in [0.717, 1.165) is 9.47 Å². The summed E-state index contributed by atoms with van der Waals surface area (Å²) in [7, 11) is 2.85. The van der Waals surface area contributed by atoms with Crippen LogP contribution in [0.1, 0.15) is 33.6 Å². The van der Waals surface area contributed by atoms with Crippen LogP contribution in [-0.4, -0.2) is 48.8 Å². The topological polar surface area (TPSA) is 82.1 Å². The highest BCUT2D eigenvalue weighted by Gasteiger charge is 2.34. The Hall–Kier alpha value is -2.59. The summed E-state index contributed by atoms with van der Waals surface area (Å²) in [4.78, 5) is 41.7. The Morgan fingerprint density at radius 1 is 1.10 bits per heavy atom. The van der Waals surface area contributed by atoms with E-state index >= 15 is 0 Å². The molecule has 29 heavy (non-hydrogen) atoms. The third-order valence-corrected chi connectivity index (χ3v) is 4.39. The number of nitrogens with zero attached hydrogens (tertiary/aromatic N) is 5. The number of carbonyl (C=O) groups excluding carboxylic acids is 1. The number of rotatable bonds is 6. The van der Waals surface area contributed by atoms with Gasteiger partial charge in [0.15, 0.2) is 11.2 Å². The van der Waals surface area contributed by atoms with Crippen molar-refractivity contribution in [3.63, 3.8) is 0 Å². The Morgan fingerprint density at radius 2 is 1.72 bits per heavy atom. The van der Waals surface area contributed by atoms with Crippen LogP contribution in [0.15, 0.2) is 15.9 Å². The predicted octanol–water partition coefficient (Wildman–Crippen LogP) is 1.65. The van der Waals surface area contributed by atoms with E-state index in [9.17, 15) is 27.6 Å². The van der Waals surface area contributed by atoms with Crippen LogP contribution in [0, 0.1) is 5.41 Å². The third kappa shape index (κ3) is 5.48. The van der Waals surface area contributed by atoms with Gasteiger partial charge in [-0.1, -0.05) is 20.8 Å². The molecule has 162 valence electrons. The lowest BCUT2D eigenvalue weighted by Gasteiger charge is -2.30. The van der Waals surface area contributed by atoms with Crippen molar-refractivity contribution in [2.24, 2.45) is 19.5 Å². The molecule has 0 fully saturated rings. The van der Waals surface area contributed by atoms with E-state index in [1.165, 1.54) is 29.6 Å². The van der Waals surface area contributed by atoms with Gasteiger partial charge in [-0.05, 0) is 11.8 Å². The highest BCUT2D eigenvalue weighted by molar-refractivity contribution is 5.76. The highest BCUT2D eigenvalue weighted by atomic mass is 19.4. The molecule has 1 amide bonds. The van der Waals surface area contributed by atoms with Crippen LogP contribution in [0.3, 0.4) is 0 Å². The van der Waals surface area contributed by atoms with Gasteiger partial charge in [0, 0.05) is 33.6 Å². The van der Waals surface area contributed by atoms with Gasteiger partial charge in [-0.2, -0.15) is 13.2 Å². The fourth-order valence-electron chi connectivity index (χ4n) is 3.15. The van der Waals surface area contributed by atoms with Crippen LogP contribution in [0.4, 0.5) is 13.2 Å². The number of hydrogen-bond donors (Lipinski definition) is 0. The lowest BCUT2D eigenvalue weighted by atomic mass is 9.96. The SMILES string of the molecule is Cn1c(=O)c2c(ncn2CCCC(=O)N(CC(C)(C)C)CC(F)(F)F)n(C)c1=O. The summed E-state index contributed by atoms with van der Waals surface area (Å²) in [6, 6.07) is 0. The van der Waals surface area contributed by atoms with Crippen LogP contribution >= 0.6 is 0 Å². The van der Waals surface area contributed by atoms with E-state index in [-0.39, 0.29) is 37.1 Å². The van der Waals surface area contributed by atoms with E-state index in [1.807, 2.05) is 0 Å². The van der Waals surface area contributed by atoms with Gasteiger partial charge in [0.2, 0.25) is 5.91 Å². The molecule has 2 rings (SSSR count). The maximum absolute atomic E-state index is 12.8. The highest BCUT2D eigenvalue weighted by Crippen LogP contribution is 2.22. The number of alkyl halides is 3. The van der Waals surface area contributed by atoms with Crippen LogP contribution in [0.2, 0.25) is 0 Å². The predicted molar refractivity (Wildman–Crippen MR) is 102 cm³/mol. The van der Waals surface area contributed by atoms with Crippen molar-refractivity contribution >= 4 is 17.1 Å². The minimum atomic E-state index is -4.47. The summed E-state index contributed by atoms with van der Waals surface area (Å²) in [6.45, 7) is 4.21. The van der Waals surface area contributed by atoms with Crippen LogP contribution in [0.5, 0.6) is 0 Å². The largest absolute Gasteiger partial charge is 0.406 e. The first kappa shape index (κ1) is 22.7. The molecule has 2 aromatic rings. The number of amides is 1. The molecule has 0 aliphatic rings. The zero-order chi connectivity index (χ0) is 22.1. The van der Waals surface area contributed by atoms with Gasteiger partial charge in [0.25, 0.3) is 5.56 Å². The minimum Gasteiger partial charge on any atom is -0.333 e. The van der Waals surface area contributed by atoms with Gasteiger partial charge < -0.3 is 9.47 Å². The van der Waals surface area contributed by atoms with Crippen LogP contribution < -0.4 is 11.2 Å². The van der Waals surface area contributed by atoms with Crippen molar-refractivity contribution < 1.29 is 18.0 Å². The number of aryl methyl sites for hydroxylation is 2. The molecule has 2 heterocycles. The Morgan fingerprint density at radius 3 is 2.28 bits per heavy atom. The summed E-state index contributed by atoms with van der Waals surface area (Å²) in [5.74, 6) is -0.595. The molecular formula is C18H26F3N5O3. The maximum Gasteiger partial charge on any atom is 0.406 e. The Balaban J connectivity index is 2.15. The fraction of sp³-hybridized carbons (Fsp3) is 0.667.